The Labute approximate surface area is 158 Å². The molecule has 4 heterocycles. The van der Waals surface area contributed by atoms with E-state index in [0.29, 0.717) is 24.4 Å². The Hall–Kier alpha value is -2.89. The van der Waals surface area contributed by atoms with Gasteiger partial charge in [0.2, 0.25) is 0 Å². The first-order valence-corrected chi connectivity index (χ1v) is 9.39. The molecule has 1 aliphatic rings. The van der Waals surface area contributed by atoms with E-state index in [1.165, 1.54) is 0 Å². The van der Waals surface area contributed by atoms with E-state index in [1.54, 1.807) is 0 Å². The SMILES string of the molecule is Cc1cc(C(=O)N2CCC[C@H](c3nccn3Cc3ccccn3)C2)c(C)o1. The standard InChI is InChI=1S/C21H24N4O2/c1-15-12-19(16(2)27-15)21(26)25-10-5-6-17(13-25)20-23-9-11-24(20)14-18-7-3-4-8-22-18/h3-4,7-9,11-12,17H,5-6,10,13-14H2,1-2H3/t17-/m0/s1. The van der Waals surface area contributed by atoms with E-state index in [4.69, 9.17) is 4.42 Å². The van der Waals surface area contributed by atoms with Gasteiger partial charge in [-0.25, -0.2) is 4.98 Å². The van der Waals surface area contributed by atoms with Crippen molar-refractivity contribution in [3.8, 4) is 0 Å². The second-order valence-electron chi connectivity index (χ2n) is 7.15. The number of imidazole rings is 1. The Morgan fingerprint density at radius 3 is 2.89 bits per heavy atom. The molecule has 0 bridgehead atoms. The summed E-state index contributed by atoms with van der Waals surface area (Å²) in [7, 11) is 0. The molecular formula is C21H24N4O2. The zero-order valence-corrected chi connectivity index (χ0v) is 15.8. The van der Waals surface area contributed by atoms with Crippen molar-refractivity contribution >= 4 is 5.91 Å². The quantitative estimate of drug-likeness (QED) is 0.710. The molecule has 0 saturated carbocycles. The zero-order chi connectivity index (χ0) is 18.8. The van der Waals surface area contributed by atoms with Crippen LogP contribution in [0.3, 0.4) is 0 Å². The van der Waals surface area contributed by atoms with Crippen molar-refractivity contribution in [2.75, 3.05) is 13.1 Å². The van der Waals surface area contributed by atoms with Crippen LogP contribution in [-0.4, -0.2) is 38.4 Å². The number of rotatable bonds is 4. The van der Waals surface area contributed by atoms with Gasteiger partial charge < -0.3 is 13.9 Å². The van der Waals surface area contributed by atoms with Gasteiger partial charge in [-0.1, -0.05) is 6.07 Å². The van der Waals surface area contributed by atoms with Crippen LogP contribution in [0.1, 0.15) is 52.2 Å². The molecule has 1 atom stereocenters. The molecule has 1 fully saturated rings. The van der Waals surface area contributed by atoms with Gasteiger partial charge in [-0.2, -0.15) is 0 Å². The highest BCUT2D eigenvalue weighted by atomic mass is 16.3. The first kappa shape index (κ1) is 17.5. The molecule has 6 heteroatoms. The van der Waals surface area contributed by atoms with Crippen molar-refractivity contribution in [2.24, 2.45) is 0 Å². The molecule has 0 aliphatic carbocycles. The van der Waals surface area contributed by atoms with Crippen LogP contribution in [0.4, 0.5) is 0 Å². The number of amides is 1. The molecule has 0 unspecified atom stereocenters. The number of aryl methyl sites for hydroxylation is 2. The third kappa shape index (κ3) is 3.65. The largest absolute Gasteiger partial charge is 0.466 e. The summed E-state index contributed by atoms with van der Waals surface area (Å²) in [6.07, 6.45) is 7.65. The molecule has 0 spiro atoms. The third-order valence-corrected chi connectivity index (χ3v) is 5.15. The maximum absolute atomic E-state index is 13.0. The van der Waals surface area contributed by atoms with Crippen molar-refractivity contribution in [3.05, 3.63) is 71.5 Å². The minimum Gasteiger partial charge on any atom is -0.466 e. The third-order valence-electron chi connectivity index (χ3n) is 5.15. The number of pyridine rings is 1. The highest BCUT2D eigenvalue weighted by Gasteiger charge is 2.29. The van der Waals surface area contributed by atoms with E-state index in [-0.39, 0.29) is 11.8 Å². The molecule has 6 nitrogen and oxygen atoms in total. The van der Waals surface area contributed by atoms with E-state index in [1.807, 2.05) is 61.6 Å². The summed E-state index contributed by atoms with van der Waals surface area (Å²) in [5.74, 6) is 2.77. The average Bonchev–Trinajstić information content (AvgIpc) is 3.28. The second kappa shape index (κ2) is 7.39. The molecule has 1 aliphatic heterocycles. The van der Waals surface area contributed by atoms with Gasteiger partial charge in [-0.15, -0.1) is 0 Å². The predicted molar refractivity (Wildman–Crippen MR) is 102 cm³/mol. The number of likely N-dealkylation sites (tertiary alicyclic amines) is 1. The predicted octanol–water partition coefficient (Wildman–Crippen LogP) is 3.56. The lowest BCUT2D eigenvalue weighted by Crippen LogP contribution is -2.39. The number of carbonyl (C=O) groups excluding carboxylic acids is 1. The molecule has 140 valence electrons. The molecule has 3 aromatic heterocycles. The lowest BCUT2D eigenvalue weighted by atomic mass is 9.96. The van der Waals surface area contributed by atoms with Gasteiger partial charge in [0, 0.05) is 37.6 Å². The Bertz CT molecular complexity index is 929. The highest BCUT2D eigenvalue weighted by molar-refractivity contribution is 5.95. The molecule has 0 aromatic carbocycles. The Morgan fingerprint density at radius 1 is 1.26 bits per heavy atom. The smallest absolute Gasteiger partial charge is 0.257 e. The van der Waals surface area contributed by atoms with Crippen LogP contribution in [0.2, 0.25) is 0 Å². The number of hydrogen-bond acceptors (Lipinski definition) is 4. The number of hydrogen-bond donors (Lipinski definition) is 0. The molecule has 4 rings (SSSR count). The Kier molecular flexibility index (Phi) is 4.79. The number of furan rings is 1. The maximum Gasteiger partial charge on any atom is 0.257 e. The van der Waals surface area contributed by atoms with Crippen molar-refractivity contribution in [2.45, 2.75) is 39.2 Å². The van der Waals surface area contributed by atoms with Crippen LogP contribution >= 0.6 is 0 Å². The van der Waals surface area contributed by atoms with E-state index >= 15 is 0 Å². The Morgan fingerprint density at radius 2 is 2.15 bits per heavy atom. The summed E-state index contributed by atoms with van der Waals surface area (Å²) in [5, 5.41) is 0. The van der Waals surface area contributed by atoms with Gasteiger partial charge in [0.1, 0.15) is 17.3 Å². The van der Waals surface area contributed by atoms with Gasteiger partial charge in [0.25, 0.3) is 5.91 Å². The summed E-state index contributed by atoms with van der Waals surface area (Å²) < 4.78 is 7.69. The van der Waals surface area contributed by atoms with Gasteiger partial charge in [0.05, 0.1) is 17.8 Å². The van der Waals surface area contributed by atoms with Crippen LogP contribution in [0.25, 0.3) is 0 Å². The number of piperidine rings is 1. The first-order valence-electron chi connectivity index (χ1n) is 9.39. The van der Waals surface area contributed by atoms with Crippen molar-refractivity contribution < 1.29 is 9.21 Å². The van der Waals surface area contributed by atoms with Gasteiger partial charge in [-0.05, 0) is 44.9 Å². The number of nitrogens with zero attached hydrogens (tertiary/aromatic N) is 4. The number of aromatic nitrogens is 3. The van der Waals surface area contributed by atoms with E-state index < -0.39 is 0 Å². The molecule has 0 N–H and O–H groups in total. The lowest BCUT2D eigenvalue weighted by molar-refractivity contribution is 0.0701. The zero-order valence-electron chi connectivity index (χ0n) is 15.8. The second-order valence-corrected chi connectivity index (χ2v) is 7.15. The van der Waals surface area contributed by atoms with Crippen molar-refractivity contribution in [1.29, 1.82) is 0 Å². The fraction of sp³-hybridized carbons (Fsp3) is 0.381. The summed E-state index contributed by atoms with van der Waals surface area (Å²) in [4.78, 5) is 23.9. The van der Waals surface area contributed by atoms with Crippen LogP contribution < -0.4 is 0 Å². The molecule has 1 saturated heterocycles. The van der Waals surface area contributed by atoms with Crippen molar-refractivity contribution in [1.82, 2.24) is 19.4 Å². The monoisotopic (exact) mass is 364 g/mol. The van der Waals surface area contributed by atoms with Gasteiger partial charge >= 0.3 is 0 Å². The summed E-state index contributed by atoms with van der Waals surface area (Å²) in [6.45, 7) is 5.88. The van der Waals surface area contributed by atoms with Crippen LogP contribution in [0.15, 0.2) is 47.3 Å². The summed E-state index contributed by atoms with van der Waals surface area (Å²) in [6, 6.07) is 7.77. The summed E-state index contributed by atoms with van der Waals surface area (Å²) >= 11 is 0. The van der Waals surface area contributed by atoms with Gasteiger partial charge in [0.15, 0.2) is 0 Å². The van der Waals surface area contributed by atoms with Crippen LogP contribution in [-0.2, 0) is 6.54 Å². The first-order chi connectivity index (χ1) is 13.1. The fourth-order valence-electron chi connectivity index (χ4n) is 3.87. The average molecular weight is 364 g/mol. The van der Waals surface area contributed by atoms with Crippen LogP contribution in [0, 0.1) is 13.8 Å². The minimum absolute atomic E-state index is 0.0527. The molecular weight excluding hydrogens is 340 g/mol. The van der Waals surface area contributed by atoms with Crippen LogP contribution in [0.5, 0.6) is 0 Å². The molecule has 0 radical (unpaired) electrons. The van der Waals surface area contributed by atoms with Gasteiger partial charge in [-0.3, -0.25) is 9.78 Å². The normalized spacial score (nSPS) is 17.3. The minimum atomic E-state index is 0.0527. The van der Waals surface area contributed by atoms with E-state index in [0.717, 1.165) is 36.7 Å². The molecule has 1 amide bonds. The van der Waals surface area contributed by atoms with Crippen molar-refractivity contribution in [3.63, 3.8) is 0 Å². The topological polar surface area (TPSA) is 64.2 Å². The van der Waals surface area contributed by atoms with E-state index in [9.17, 15) is 4.79 Å². The molecule has 3 aromatic rings. The highest BCUT2D eigenvalue weighted by Crippen LogP contribution is 2.28. The fourth-order valence-corrected chi connectivity index (χ4v) is 3.87. The lowest BCUT2D eigenvalue weighted by Gasteiger charge is -2.32. The summed E-state index contributed by atoms with van der Waals surface area (Å²) in [5.41, 5.74) is 1.68. The molecule has 27 heavy (non-hydrogen) atoms. The number of carbonyl (C=O) groups is 1. The maximum atomic E-state index is 13.0. The Balaban J connectivity index is 1.51. The van der Waals surface area contributed by atoms with E-state index in [2.05, 4.69) is 14.5 Å².